The Morgan fingerprint density at radius 1 is 0.556 bits per heavy atom. The van der Waals surface area contributed by atoms with Gasteiger partial charge in [-0.1, -0.05) is 51.4 Å². The van der Waals surface area contributed by atoms with Gasteiger partial charge in [0.05, 0.1) is 0 Å². The predicted octanol–water partition coefficient (Wildman–Crippen LogP) is 7.31. The van der Waals surface area contributed by atoms with Gasteiger partial charge in [0.1, 0.15) is 0 Å². The number of hydrogen-bond acceptors (Lipinski definition) is 0. The van der Waals surface area contributed by atoms with Gasteiger partial charge >= 0.3 is 6.00 Å². The Labute approximate surface area is 137 Å². The minimum atomic E-state index is -2.37. The maximum Gasteiger partial charge on any atom is 0.341 e. The van der Waals surface area contributed by atoms with Crippen LogP contribution in [0, 0.1) is 0 Å². The van der Waals surface area contributed by atoms with E-state index in [-0.39, 0.29) is 0 Å². The molecule has 0 heterocycles. The molecule has 0 aliphatic carbocycles. The van der Waals surface area contributed by atoms with Crippen molar-refractivity contribution in [2.24, 2.45) is 0 Å². The Kier molecular flexibility index (Phi) is 11.7. The highest BCUT2D eigenvalue weighted by molar-refractivity contribution is 7.64. The van der Waals surface area contributed by atoms with Crippen molar-refractivity contribution in [3.63, 3.8) is 0 Å². The number of rotatable bonds is 11. The summed E-state index contributed by atoms with van der Waals surface area (Å²) in [4.78, 5) is 0. The molecular formula is C11H23Cl5Si2. The number of hydrogen-bond donors (Lipinski definition) is 0. The Morgan fingerprint density at radius 3 is 1.22 bits per heavy atom. The van der Waals surface area contributed by atoms with Gasteiger partial charge in [-0.05, 0) is 18.6 Å². The summed E-state index contributed by atoms with van der Waals surface area (Å²) in [6.45, 7) is 0.140. The first-order valence-corrected chi connectivity index (χ1v) is 16.6. The highest BCUT2D eigenvalue weighted by Gasteiger charge is 2.23. The SMILES string of the molecule is C[Si](Cl)(Cl)CCCCCCCCCC[Si](Cl)(Cl)Cl. The molecule has 0 atom stereocenters. The highest BCUT2D eigenvalue weighted by Crippen LogP contribution is 2.27. The van der Waals surface area contributed by atoms with Crippen molar-refractivity contribution >= 4 is 68.1 Å². The monoisotopic (exact) mass is 386 g/mol. The van der Waals surface area contributed by atoms with Gasteiger partial charge in [0, 0.05) is 0 Å². The highest BCUT2D eigenvalue weighted by atomic mass is 35.8. The molecule has 0 nitrogen and oxygen atoms in total. The van der Waals surface area contributed by atoms with Crippen molar-refractivity contribution in [1.29, 1.82) is 0 Å². The predicted molar refractivity (Wildman–Crippen MR) is 93.2 cm³/mol. The van der Waals surface area contributed by atoms with E-state index in [1.54, 1.807) is 0 Å². The summed E-state index contributed by atoms with van der Waals surface area (Å²) in [6, 6.07) is -0.550. The third-order valence-electron chi connectivity index (χ3n) is 2.83. The second-order valence-electron chi connectivity index (χ2n) is 5.01. The Morgan fingerprint density at radius 2 is 0.889 bits per heavy atom. The Balaban J connectivity index is 3.13. The lowest BCUT2D eigenvalue weighted by Gasteiger charge is -2.09. The quantitative estimate of drug-likeness (QED) is 0.198. The minimum Gasteiger partial charge on any atom is -0.146 e. The van der Waals surface area contributed by atoms with Crippen LogP contribution in [0.4, 0.5) is 0 Å². The standard InChI is InChI=1S/C11H23Cl5Si2/c1-17(12,13)10-8-6-4-2-3-5-7-9-11-18(14,15)16/h2-11H2,1H3. The molecule has 7 heteroatoms. The van der Waals surface area contributed by atoms with Gasteiger partial charge in [-0.3, -0.25) is 0 Å². The third kappa shape index (κ3) is 17.9. The van der Waals surface area contributed by atoms with Crippen LogP contribution >= 0.6 is 55.4 Å². The molecule has 0 aliphatic rings. The summed E-state index contributed by atoms with van der Waals surface area (Å²) in [5.74, 6) is 0. The molecule has 0 saturated carbocycles. The van der Waals surface area contributed by atoms with Crippen LogP contribution in [0.5, 0.6) is 0 Å². The topological polar surface area (TPSA) is 0 Å². The maximum absolute atomic E-state index is 6.04. The molecule has 0 saturated heterocycles. The molecule has 0 aliphatic heterocycles. The first-order chi connectivity index (χ1) is 8.21. The van der Waals surface area contributed by atoms with E-state index in [9.17, 15) is 0 Å². The van der Waals surface area contributed by atoms with Crippen LogP contribution in [0.2, 0.25) is 18.6 Å². The molecule has 0 radical (unpaired) electrons. The van der Waals surface area contributed by atoms with Gasteiger partial charge < -0.3 is 0 Å². The van der Waals surface area contributed by atoms with E-state index in [4.69, 9.17) is 55.4 Å². The summed E-state index contributed by atoms with van der Waals surface area (Å²) < 4.78 is 0. The van der Waals surface area contributed by atoms with Crippen LogP contribution in [-0.4, -0.2) is 12.7 Å². The lowest BCUT2D eigenvalue weighted by atomic mass is 10.1. The van der Waals surface area contributed by atoms with E-state index < -0.39 is 12.7 Å². The van der Waals surface area contributed by atoms with Gasteiger partial charge in [-0.15, -0.1) is 55.4 Å². The van der Waals surface area contributed by atoms with Crippen LogP contribution in [-0.2, 0) is 0 Å². The summed E-state index contributed by atoms with van der Waals surface area (Å²) in [7, 11) is 0. The summed E-state index contributed by atoms with van der Waals surface area (Å²) >= 11 is 29.5. The normalized spacial score (nSPS) is 13.0. The fraction of sp³-hybridized carbons (Fsp3) is 1.00. The van der Waals surface area contributed by atoms with Crippen molar-refractivity contribution in [1.82, 2.24) is 0 Å². The molecule has 0 aromatic heterocycles. The number of halogens is 5. The Bertz CT molecular complexity index is 179. The lowest BCUT2D eigenvalue weighted by Crippen LogP contribution is -2.11. The fourth-order valence-corrected chi connectivity index (χ4v) is 5.35. The van der Waals surface area contributed by atoms with Gasteiger partial charge in [0.15, 0.2) is 0 Å². The van der Waals surface area contributed by atoms with Crippen molar-refractivity contribution in [2.75, 3.05) is 0 Å². The van der Waals surface area contributed by atoms with E-state index in [1.165, 1.54) is 44.9 Å². The fourth-order valence-electron chi connectivity index (χ4n) is 1.82. The zero-order chi connectivity index (χ0) is 14.1. The molecular weight excluding hydrogens is 366 g/mol. The van der Waals surface area contributed by atoms with Crippen LogP contribution in [0.3, 0.4) is 0 Å². The summed E-state index contributed by atoms with van der Waals surface area (Å²) in [6.07, 6.45) is 9.81. The van der Waals surface area contributed by atoms with Gasteiger partial charge in [-0.25, -0.2) is 0 Å². The second-order valence-corrected chi connectivity index (χ2v) is 22.5. The molecule has 0 rings (SSSR count). The van der Waals surface area contributed by atoms with E-state index in [0.29, 0.717) is 0 Å². The molecule has 0 aromatic rings. The average molecular weight is 389 g/mol. The molecule has 0 N–H and O–H groups in total. The molecule has 0 fully saturated rings. The van der Waals surface area contributed by atoms with E-state index in [1.807, 2.05) is 6.55 Å². The van der Waals surface area contributed by atoms with Gasteiger partial charge in [0.2, 0.25) is 6.69 Å². The zero-order valence-corrected chi connectivity index (χ0v) is 16.7. The lowest BCUT2D eigenvalue weighted by molar-refractivity contribution is 0.584. The van der Waals surface area contributed by atoms with Crippen LogP contribution in [0.25, 0.3) is 0 Å². The zero-order valence-electron chi connectivity index (χ0n) is 11.0. The van der Waals surface area contributed by atoms with Crippen molar-refractivity contribution in [2.45, 2.75) is 70.0 Å². The average Bonchev–Trinajstić information content (AvgIpc) is 2.17. The van der Waals surface area contributed by atoms with E-state index in [2.05, 4.69) is 0 Å². The summed E-state index contributed by atoms with van der Waals surface area (Å²) in [5, 5.41) is 0. The molecule has 0 aromatic carbocycles. The van der Waals surface area contributed by atoms with Crippen LogP contribution in [0.15, 0.2) is 0 Å². The van der Waals surface area contributed by atoms with Crippen LogP contribution < -0.4 is 0 Å². The van der Waals surface area contributed by atoms with Gasteiger partial charge in [-0.2, -0.15) is 0 Å². The molecule has 0 spiro atoms. The van der Waals surface area contributed by atoms with Gasteiger partial charge in [0.25, 0.3) is 0 Å². The van der Waals surface area contributed by atoms with Crippen molar-refractivity contribution in [3.8, 4) is 0 Å². The molecule has 0 bridgehead atoms. The molecule has 18 heavy (non-hydrogen) atoms. The van der Waals surface area contributed by atoms with E-state index in [0.717, 1.165) is 18.5 Å². The summed E-state index contributed by atoms with van der Waals surface area (Å²) in [5.41, 5.74) is 0. The molecule has 0 unspecified atom stereocenters. The largest absolute Gasteiger partial charge is 0.341 e. The minimum absolute atomic E-state index is 0.798. The molecule has 0 amide bonds. The van der Waals surface area contributed by atoms with Crippen molar-refractivity contribution in [3.05, 3.63) is 0 Å². The van der Waals surface area contributed by atoms with Crippen LogP contribution in [0.1, 0.15) is 51.4 Å². The number of unbranched alkanes of at least 4 members (excludes halogenated alkanes) is 7. The second kappa shape index (κ2) is 10.6. The Hall–Kier alpha value is 1.88. The first kappa shape index (κ1) is 19.9. The maximum atomic E-state index is 6.04. The van der Waals surface area contributed by atoms with Crippen molar-refractivity contribution < 1.29 is 0 Å². The smallest absolute Gasteiger partial charge is 0.146 e. The van der Waals surface area contributed by atoms with E-state index >= 15 is 0 Å². The first-order valence-electron chi connectivity index (χ1n) is 6.65. The third-order valence-corrected chi connectivity index (χ3v) is 7.81. The molecule has 110 valence electrons.